The van der Waals surface area contributed by atoms with Gasteiger partial charge in [-0.3, -0.25) is 14.2 Å². The van der Waals surface area contributed by atoms with Gasteiger partial charge in [0, 0.05) is 29.4 Å². The number of fused-ring (bicyclic) bond motifs is 1. The molecule has 0 saturated heterocycles. The number of hydrogen-bond donors (Lipinski definition) is 1. The Hall–Kier alpha value is -2.22. The van der Waals surface area contributed by atoms with Crippen molar-refractivity contribution in [2.24, 2.45) is 0 Å². The van der Waals surface area contributed by atoms with Gasteiger partial charge in [0.2, 0.25) is 5.91 Å². The van der Waals surface area contributed by atoms with Gasteiger partial charge in [-0.1, -0.05) is 59.8 Å². The van der Waals surface area contributed by atoms with Crippen LogP contribution in [0.25, 0.3) is 0 Å². The Labute approximate surface area is 188 Å². The third-order valence-electron chi connectivity index (χ3n) is 4.66. The summed E-state index contributed by atoms with van der Waals surface area (Å²) < 4.78 is 1.71. The van der Waals surface area contributed by atoms with E-state index >= 15 is 0 Å². The number of nitrogens with zero attached hydrogens (tertiary/aromatic N) is 2. The van der Waals surface area contributed by atoms with Gasteiger partial charge in [-0.25, -0.2) is 4.98 Å². The van der Waals surface area contributed by atoms with Crippen molar-refractivity contribution < 1.29 is 4.79 Å². The van der Waals surface area contributed by atoms with Crippen molar-refractivity contribution in [2.75, 3.05) is 16.8 Å². The normalized spacial score (nSPS) is 12.6. The minimum atomic E-state index is -0.166. The molecule has 0 aliphatic carbocycles. The van der Waals surface area contributed by atoms with Crippen molar-refractivity contribution in [3.8, 4) is 0 Å². The van der Waals surface area contributed by atoms with Crippen molar-refractivity contribution in [3.05, 3.63) is 81.2 Å². The van der Waals surface area contributed by atoms with E-state index in [4.69, 9.17) is 16.6 Å². The molecule has 0 fully saturated rings. The fraction of sp³-hybridized carbons (Fsp3) is 0.227. The lowest BCUT2D eigenvalue weighted by molar-refractivity contribution is -0.113. The molecule has 2 aromatic carbocycles. The van der Waals surface area contributed by atoms with Gasteiger partial charge >= 0.3 is 0 Å². The molecule has 4 rings (SSSR count). The van der Waals surface area contributed by atoms with Gasteiger partial charge in [-0.15, -0.1) is 11.8 Å². The summed E-state index contributed by atoms with van der Waals surface area (Å²) in [7, 11) is 0. The lowest BCUT2D eigenvalue weighted by Crippen LogP contribution is -2.27. The number of thioether (sulfide) groups is 2. The van der Waals surface area contributed by atoms with E-state index in [-0.39, 0.29) is 17.2 Å². The van der Waals surface area contributed by atoms with E-state index in [0.29, 0.717) is 22.4 Å². The van der Waals surface area contributed by atoms with E-state index in [1.54, 1.807) is 40.6 Å². The summed E-state index contributed by atoms with van der Waals surface area (Å²) in [5.74, 6) is 0.872. The van der Waals surface area contributed by atoms with Crippen LogP contribution < -0.4 is 10.9 Å². The third-order valence-corrected chi connectivity index (χ3v) is 6.97. The average Bonchev–Trinajstić information content (AvgIpc) is 3.21. The first-order chi connectivity index (χ1) is 14.6. The van der Waals surface area contributed by atoms with Crippen LogP contribution in [0, 0.1) is 0 Å². The molecule has 30 heavy (non-hydrogen) atoms. The second-order valence-electron chi connectivity index (χ2n) is 6.81. The minimum Gasteiger partial charge on any atom is -0.325 e. The smallest absolute Gasteiger partial charge is 0.268 e. The Morgan fingerprint density at radius 1 is 1.20 bits per heavy atom. The summed E-state index contributed by atoms with van der Waals surface area (Å²) in [6.45, 7) is 0.530. The topological polar surface area (TPSA) is 64.0 Å². The van der Waals surface area contributed by atoms with Crippen molar-refractivity contribution in [2.45, 2.75) is 29.4 Å². The molecule has 1 amide bonds. The number of amides is 1. The lowest BCUT2D eigenvalue weighted by atomic mass is 10.1. The molecular formula is C22H20ClN3O2S2. The van der Waals surface area contributed by atoms with Crippen molar-refractivity contribution in [3.63, 3.8) is 0 Å². The third kappa shape index (κ3) is 5.09. The summed E-state index contributed by atoms with van der Waals surface area (Å²) in [5.41, 5.74) is 2.65. The predicted molar refractivity (Wildman–Crippen MR) is 124 cm³/mol. The quantitative estimate of drug-likeness (QED) is 0.417. The molecule has 154 valence electrons. The molecule has 8 heteroatoms. The van der Waals surface area contributed by atoms with Gasteiger partial charge in [0.15, 0.2) is 5.16 Å². The first kappa shape index (κ1) is 21.0. The number of carbonyl (C=O) groups is 1. The van der Waals surface area contributed by atoms with Gasteiger partial charge in [-0.05, 0) is 30.2 Å². The molecule has 1 aliphatic rings. The lowest BCUT2D eigenvalue weighted by Gasteiger charge is -2.14. The number of rotatable bonds is 7. The Bertz CT molecular complexity index is 1120. The fourth-order valence-electron chi connectivity index (χ4n) is 3.21. The molecule has 0 saturated carbocycles. The summed E-state index contributed by atoms with van der Waals surface area (Å²) in [6, 6.07) is 17.1. The van der Waals surface area contributed by atoms with E-state index in [1.807, 2.05) is 30.3 Å². The summed E-state index contributed by atoms with van der Waals surface area (Å²) in [5, 5.41) is 3.99. The Morgan fingerprint density at radius 3 is 2.83 bits per heavy atom. The largest absolute Gasteiger partial charge is 0.325 e. The summed E-state index contributed by atoms with van der Waals surface area (Å²) in [4.78, 5) is 30.9. The number of halogens is 1. The van der Waals surface area contributed by atoms with E-state index < -0.39 is 0 Å². The molecule has 0 bridgehead atoms. The van der Waals surface area contributed by atoms with Crippen LogP contribution in [-0.2, 0) is 24.2 Å². The zero-order valence-electron chi connectivity index (χ0n) is 16.1. The van der Waals surface area contributed by atoms with E-state index in [1.165, 1.54) is 11.8 Å². The van der Waals surface area contributed by atoms with Gasteiger partial charge < -0.3 is 5.32 Å². The van der Waals surface area contributed by atoms with E-state index in [9.17, 15) is 9.59 Å². The molecule has 3 aromatic rings. The second kappa shape index (κ2) is 9.73. The highest BCUT2D eigenvalue weighted by Crippen LogP contribution is 2.29. The van der Waals surface area contributed by atoms with Gasteiger partial charge in [0.1, 0.15) is 0 Å². The number of aryl methyl sites for hydroxylation is 2. The van der Waals surface area contributed by atoms with Crippen LogP contribution in [0.4, 0.5) is 5.69 Å². The Balaban J connectivity index is 1.50. The first-order valence-corrected chi connectivity index (χ1v) is 11.9. The highest BCUT2D eigenvalue weighted by Gasteiger charge is 2.22. The molecule has 1 N–H and O–H groups in total. The molecule has 0 unspecified atom stereocenters. The predicted octanol–water partition coefficient (Wildman–Crippen LogP) is 4.52. The number of carbonyl (C=O) groups excluding carboxylic acids is 1. The van der Waals surface area contributed by atoms with Gasteiger partial charge in [0.05, 0.1) is 16.3 Å². The van der Waals surface area contributed by atoms with Crippen LogP contribution >= 0.6 is 35.1 Å². The van der Waals surface area contributed by atoms with Gasteiger partial charge in [-0.2, -0.15) is 0 Å². The fourth-order valence-corrected chi connectivity index (χ4v) is 5.29. The van der Waals surface area contributed by atoms with Crippen LogP contribution in [0.15, 0.2) is 69.4 Å². The second-order valence-corrected chi connectivity index (χ2v) is 9.29. The first-order valence-electron chi connectivity index (χ1n) is 9.59. The van der Waals surface area contributed by atoms with Crippen LogP contribution in [-0.4, -0.2) is 27.0 Å². The highest BCUT2D eigenvalue weighted by molar-refractivity contribution is 8.00. The number of hydrogen-bond acceptors (Lipinski definition) is 5. The van der Waals surface area contributed by atoms with Crippen LogP contribution in [0.5, 0.6) is 0 Å². The van der Waals surface area contributed by atoms with E-state index in [2.05, 4.69) is 5.32 Å². The molecule has 2 heterocycles. The maximum absolute atomic E-state index is 13.0. The number of nitrogens with one attached hydrogen (secondary N) is 1. The number of aromatic nitrogens is 2. The van der Waals surface area contributed by atoms with E-state index in [0.717, 1.165) is 34.7 Å². The van der Waals surface area contributed by atoms with Crippen molar-refractivity contribution >= 4 is 46.7 Å². The molecular weight excluding hydrogens is 438 g/mol. The molecule has 1 aromatic heterocycles. The Morgan fingerprint density at radius 2 is 2.03 bits per heavy atom. The van der Waals surface area contributed by atoms with Crippen LogP contribution in [0.2, 0.25) is 5.02 Å². The van der Waals surface area contributed by atoms with Crippen molar-refractivity contribution in [1.82, 2.24) is 9.55 Å². The maximum Gasteiger partial charge on any atom is 0.268 e. The van der Waals surface area contributed by atoms with Crippen LogP contribution in [0.3, 0.4) is 0 Å². The monoisotopic (exact) mass is 457 g/mol. The molecule has 0 atom stereocenters. The molecule has 0 radical (unpaired) electrons. The zero-order chi connectivity index (χ0) is 20.9. The highest BCUT2D eigenvalue weighted by atomic mass is 35.5. The summed E-state index contributed by atoms with van der Waals surface area (Å²) >= 11 is 8.83. The standard InChI is InChI=1S/C22H20ClN3O2S2/c23-16-7-4-8-17(13-16)24-19(27)14-30-22-25-18-10-12-29-20(18)21(28)26(22)11-9-15-5-2-1-3-6-15/h1-8,13H,9-12,14H2,(H,24,27). The van der Waals surface area contributed by atoms with Crippen molar-refractivity contribution in [1.29, 1.82) is 0 Å². The minimum absolute atomic E-state index is 0.00354. The summed E-state index contributed by atoms with van der Waals surface area (Å²) in [6.07, 6.45) is 1.52. The molecule has 1 aliphatic heterocycles. The number of anilines is 1. The van der Waals surface area contributed by atoms with Crippen LogP contribution in [0.1, 0.15) is 11.3 Å². The molecule has 5 nitrogen and oxygen atoms in total. The maximum atomic E-state index is 13.0. The van der Waals surface area contributed by atoms with Gasteiger partial charge in [0.25, 0.3) is 5.56 Å². The average molecular weight is 458 g/mol. The number of benzene rings is 2. The SMILES string of the molecule is O=C(CSc1nc2c(c(=O)n1CCc1ccccc1)SCC2)Nc1cccc(Cl)c1. The zero-order valence-corrected chi connectivity index (χ0v) is 18.5. The Kier molecular flexibility index (Phi) is 6.82. The molecule has 0 spiro atoms.